The van der Waals surface area contributed by atoms with Crippen molar-refractivity contribution in [2.45, 2.75) is 6.42 Å². The maximum atomic E-state index is 12.9. The molecule has 0 atom stereocenters. The van der Waals surface area contributed by atoms with E-state index in [1.807, 2.05) is 24.3 Å². The lowest BCUT2D eigenvalue weighted by Gasteiger charge is -2.10. The number of benzene rings is 2. The van der Waals surface area contributed by atoms with Crippen LogP contribution in [0.1, 0.15) is 15.9 Å². The van der Waals surface area contributed by atoms with Crippen molar-refractivity contribution in [2.24, 2.45) is 0 Å². The van der Waals surface area contributed by atoms with Gasteiger partial charge in [-0.1, -0.05) is 18.2 Å². The predicted molar refractivity (Wildman–Crippen MR) is 104 cm³/mol. The molecule has 3 rings (SSSR count). The molecule has 3 aromatic rings. The molecule has 0 fully saturated rings. The first-order chi connectivity index (χ1) is 13.2. The largest absolute Gasteiger partial charge is 0.496 e. The molecule has 138 valence electrons. The van der Waals surface area contributed by atoms with E-state index < -0.39 is 0 Å². The highest BCUT2D eigenvalue weighted by atomic mass is 19.1. The molecule has 0 unspecified atom stereocenters. The number of carbonyl (C=O) groups is 1. The highest BCUT2D eigenvalue weighted by molar-refractivity contribution is 6.04. The minimum atomic E-state index is -0.378. The van der Waals surface area contributed by atoms with E-state index in [1.165, 1.54) is 24.3 Å². The first-order valence-electron chi connectivity index (χ1n) is 8.54. The topological polar surface area (TPSA) is 63.2 Å². The lowest BCUT2D eigenvalue weighted by molar-refractivity contribution is 0.102. The third kappa shape index (κ3) is 5.04. The van der Waals surface area contributed by atoms with E-state index in [9.17, 15) is 9.18 Å². The van der Waals surface area contributed by atoms with E-state index in [0.29, 0.717) is 23.6 Å². The van der Waals surface area contributed by atoms with Gasteiger partial charge in [-0.3, -0.25) is 4.79 Å². The molecule has 0 radical (unpaired) electrons. The van der Waals surface area contributed by atoms with Crippen LogP contribution in [0.5, 0.6) is 5.75 Å². The summed E-state index contributed by atoms with van der Waals surface area (Å²) in [5.74, 6) is 0.890. The van der Waals surface area contributed by atoms with Gasteiger partial charge in [-0.25, -0.2) is 9.37 Å². The number of ether oxygens (including phenoxy) is 1. The number of halogens is 1. The number of nitrogens with one attached hydrogen (secondary N) is 2. The van der Waals surface area contributed by atoms with Crippen molar-refractivity contribution in [1.29, 1.82) is 0 Å². The molecule has 0 aliphatic rings. The Bertz CT molecular complexity index is 896. The summed E-state index contributed by atoms with van der Waals surface area (Å²) < 4.78 is 18.3. The number of amides is 1. The minimum absolute atomic E-state index is 0.311. The molecule has 1 aromatic heterocycles. The molecule has 0 saturated heterocycles. The number of hydrogen-bond acceptors (Lipinski definition) is 4. The van der Waals surface area contributed by atoms with Crippen molar-refractivity contribution in [3.05, 3.63) is 83.8 Å². The molecule has 0 spiro atoms. The molecule has 2 aromatic carbocycles. The van der Waals surface area contributed by atoms with Crippen LogP contribution in [-0.4, -0.2) is 24.5 Å². The molecule has 1 heterocycles. The quantitative estimate of drug-likeness (QED) is 0.661. The number of rotatable bonds is 7. The van der Waals surface area contributed by atoms with Crippen LogP contribution >= 0.6 is 0 Å². The molecule has 0 bridgehead atoms. The number of nitrogens with zero attached hydrogens (tertiary/aromatic N) is 1. The molecule has 5 nitrogen and oxygen atoms in total. The number of anilines is 2. The summed E-state index contributed by atoms with van der Waals surface area (Å²) in [5, 5.41) is 5.98. The zero-order valence-electron chi connectivity index (χ0n) is 14.9. The fourth-order valence-corrected chi connectivity index (χ4v) is 2.61. The first kappa shape index (κ1) is 18.4. The van der Waals surface area contributed by atoms with Gasteiger partial charge in [-0.2, -0.15) is 0 Å². The highest BCUT2D eigenvalue weighted by Gasteiger charge is 2.07. The average Bonchev–Trinajstić information content (AvgIpc) is 2.70. The molecule has 2 N–H and O–H groups in total. The zero-order chi connectivity index (χ0) is 19.1. The number of hydrogen-bond donors (Lipinski definition) is 2. The van der Waals surface area contributed by atoms with E-state index >= 15 is 0 Å². The Morgan fingerprint density at radius 1 is 1.07 bits per heavy atom. The van der Waals surface area contributed by atoms with Crippen LogP contribution in [0.4, 0.5) is 15.9 Å². The number of para-hydroxylation sites is 1. The number of carbonyl (C=O) groups excluding carboxylic acids is 1. The van der Waals surface area contributed by atoms with E-state index in [1.54, 1.807) is 25.4 Å². The second kappa shape index (κ2) is 8.80. The van der Waals surface area contributed by atoms with Gasteiger partial charge in [0, 0.05) is 12.1 Å². The van der Waals surface area contributed by atoms with Gasteiger partial charge in [0.15, 0.2) is 0 Å². The molecular weight excluding hydrogens is 345 g/mol. The Kier molecular flexibility index (Phi) is 5.99. The smallest absolute Gasteiger partial charge is 0.255 e. The monoisotopic (exact) mass is 365 g/mol. The van der Waals surface area contributed by atoms with Gasteiger partial charge in [0.2, 0.25) is 0 Å². The third-order valence-electron chi connectivity index (χ3n) is 4.02. The fraction of sp³-hybridized carbons (Fsp3) is 0.143. The molecular formula is C21H20FN3O2. The summed E-state index contributed by atoms with van der Waals surface area (Å²) in [6.07, 6.45) is 2.38. The van der Waals surface area contributed by atoms with Crippen LogP contribution in [0.15, 0.2) is 66.9 Å². The van der Waals surface area contributed by atoms with Gasteiger partial charge in [0.05, 0.1) is 19.0 Å². The molecule has 0 aliphatic heterocycles. The molecule has 0 saturated carbocycles. The Morgan fingerprint density at radius 3 is 2.56 bits per heavy atom. The lowest BCUT2D eigenvalue weighted by atomic mass is 10.1. The van der Waals surface area contributed by atoms with Crippen molar-refractivity contribution in [3.63, 3.8) is 0 Å². The van der Waals surface area contributed by atoms with E-state index in [4.69, 9.17) is 4.74 Å². The van der Waals surface area contributed by atoms with E-state index in [2.05, 4.69) is 15.6 Å². The Balaban J connectivity index is 1.52. The molecule has 27 heavy (non-hydrogen) atoms. The summed E-state index contributed by atoms with van der Waals surface area (Å²) in [6.45, 7) is 0.703. The van der Waals surface area contributed by atoms with Crippen LogP contribution in [-0.2, 0) is 6.42 Å². The molecule has 6 heteroatoms. The van der Waals surface area contributed by atoms with Crippen LogP contribution in [0.2, 0.25) is 0 Å². The van der Waals surface area contributed by atoms with Crippen molar-refractivity contribution < 1.29 is 13.9 Å². The third-order valence-corrected chi connectivity index (χ3v) is 4.02. The minimum Gasteiger partial charge on any atom is -0.496 e. The Morgan fingerprint density at radius 2 is 1.85 bits per heavy atom. The molecule has 1 amide bonds. The average molecular weight is 365 g/mol. The predicted octanol–water partition coefficient (Wildman–Crippen LogP) is 4.14. The van der Waals surface area contributed by atoms with E-state index in [0.717, 1.165) is 17.7 Å². The maximum Gasteiger partial charge on any atom is 0.255 e. The van der Waals surface area contributed by atoms with Gasteiger partial charge in [0.1, 0.15) is 17.4 Å². The van der Waals surface area contributed by atoms with Crippen molar-refractivity contribution in [2.75, 3.05) is 24.3 Å². The van der Waals surface area contributed by atoms with Gasteiger partial charge in [-0.15, -0.1) is 0 Å². The Labute approximate surface area is 157 Å². The van der Waals surface area contributed by atoms with Crippen LogP contribution in [0, 0.1) is 5.82 Å². The SMILES string of the molecule is COc1ccccc1CCNc1ccc(NC(=O)c2ccc(F)cc2)cn1. The van der Waals surface area contributed by atoms with Crippen molar-refractivity contribution >= 4 is 17.4 Å². The molecule has 0 aliphatic carbocycles. The van der Waals surface area contributed by atoms with Gasteiger partial charge >= 0.3 is 0 Å². The Hall–Kier alpha value is -3.41. The summed E-state index contributed by atoms with van der Waals surface area (Å²) in [5.41, 5.74) is 2.07. The normalized spacial score (nSPS) is 10.3. The first-order valence-corrected chi connectivity index (χ1v) is 8.54. The second-order valence-electron chi connectivity index (χ2n) is 5.88. The summed E-state index contributed by atoms with van der Waals surface area (Å²) in [7, 11) is 1.66. The second-order valence-corrected chi connectivity index (χ2v) is 5.88. The van der Waals surface area contributed by atoms with Gasteiger partial charge in [0.25, 0.3) is 5.91 Å². The van der Waals surface area contributed by atoms with Gasteiger partial charge < -0.3 is 15.4 Å². The van der Waals surface area contributed by atoms with E-state index in [-0.39, 0.29) is 11.7 Å². The number of methoxy groups -OCH3 is 1. The standard InChI is InChI=1S/C21H20FN3O2/c1-27-19-5-3-2-4-15(19)12-13-23-20-11-10-18(14-24-20)25-21(26)16-6-8-17(22)9-7-16/h2-11,14H,12-13H2,1H3,(H,23,24)(H,25,26). The van der Waals surface area contributed by atoms with Crippen LogP contribution in [0.3, 0.4) is 0 Å². The van der Waals surface area contributed by atoms with Crippen molar-refractivity contribution in [3.8, 4) is 5.75 Å². The van der Waals surface area contributed by atoms with Crippen LogP contribution in [0.25, 0.3) is 0 Å². The fourth-order valence-electron chi connectivity index (χ4n) is 2.61. The summed E-state index contributed by atoms with van der Waals surface area (Å²) >= 11 is 0. The van der Waals surface area contributed by atoms with Crippen LogP contribution < -0.4 is 15.4 Å². The number of pyridine rings is 1. The van der Waals surface area contributed by atoms with Crippen molar-refractivity contribution in [1.82, 2.24) is 4.98 Å². The zero-order valence-corrected chi connectivity index (χ0v) is 14.9. The summed E-state index contributed by atoms with van der Waals surface area (Å²) in [4.78, 5) is 16.4. The maximum absolute atomic E-state index is 12.9. The summed E-state index contributed by atoms with van der Waals surface area (Å²) in [6, 6.07) is 16.8. The van der Waals surface area contributed by atoms with Gasteiger partial charge in [-0.05, 0) is 54.4 Å². The lowest BCUT2D eigenvalue weighted by Crippen LogP contribution is -2.12. The number of aromatic nitrogens is 1. The highest BCUT2D eigenvalue weighted by Crippen LogP contribution is 2.18.